The van der Waals surface area contributed by atoms with Crippen molar-refractivity contribution in [2.24, 2.45) is 0 Å². The summed E-state index contributed by atoms with van der Waals surface area (Å²) in [6.07, 6.45) is 1.47. The number of nitrogens with zero attached hydrogens (tertiary/aromatic N) is 3. The fourth-order valence-electron chi connectivity index (χ4n) is 1.64. The topological polar surface area (TPSA) is 76.6 Å². The maximum atomic E-state index is 11.6. The maximum Gasteiger partial charge on any atom is 0.343 e. The summed E-state index contributed by atoms with van der Waals surface area (Å²) in [5, 5.41) is 1.96. The summed E-state index contributed by atoms with van der Waals surface area (Å²) in [6, 6.07) is 0. The highest BCUT2D eigenvalue weighted by Crippen LogP contribution is 2.14. The molecule has 2 heterocycles. The van der Waals surface area contributed by atoms with E-state index in [2.05, 4.69) is 15.4 Å². The number of carbonyl (C=O) groups excluding carboxylic acids is 1. The molecule has 2 rings (SSSR count). The first-order valence-corrected chi connectivity index (χ1v) is 5.72. The molecule has 0 spiro atoms. The van der Waals surface area contributed by atoms with Gasteiger partial charge in [0, 0.05) is 19.3 Å². The van der Waals surface area contributed by atoms with Gasteiger partial charge < -0.3 is 14.9 Å². The minimum absolute atomic E-state index is 0.328. The Balaban J connectivity index is 2.18. The van der Waals surface area contributed by atoms with E-state index in [0.29, 0.717) is 30.4 Å². The van der Waals surface area contributed by atoms with Gasteiger partial charge in [0.15, 0.2) is 5.82 Å². The maximum absolute atomic E-state index is 11.6. The van der Waals surface area contributed by atoms with E-state index >= 15 is 0 Å². The number of ether oxygens (including phenoxy) is 2. The van der Waals surface area contributed by atoms with Gasteiger partial charge in [-0.2, -0.15) is 0 Å². The average Bonchev–Trinajstić information content (AvgIpc) is 2.39. The van der Waals surface area contributed by atoms with Crippen molar-refractivity contribution in [2.75, 3.05) is 38.8 Å². The molecule has 0 unspecified atom stereocenters. The van der Waals surface area contributed by atoms with Crippen LogP contribution in [-0.4, -0.2) is 54.4 Å². The lowest BCUT2D eigenvalue weighted by Crippen LogP contribution is -2.41. The number of esters is 1. The molecule has 1 aliphatic heterocycles. The van der Waals surface area contributed by atoms with Gasteiger partial charge >= 0.3 is 5.97 Å². The number of nitrogens with one attached hydrogen (secondary N) is 1. The molecule has 0 saturated carbocycles. The minimum Gasteiger partial charge on any atom is -0.465 e. The molecule has 7 heteroatoms. The Kier molecular flexibility index (Phi) is 4.06. The van der Waals surface area contributed by atoms with E-state index in [1.807, 2.05) is 5.01 Å². The van der Waals surface area contributed by atoms with Crippen molar-refractivity contribution in [3.05, 3.63) is 17.6 Å². The number of morpholine rings is 1. The number of rotatable bonds is 3. The molecular weight excluding hydrogens is 236 g/mol. The predicted octanol–water partition coefficient (Wildman–Crippen LogP) is 0.231. The van der Waals surface area contributed by atoms with Gasteiger partial charge in [0.1, 0.15) is 11.4 Å². The van der Waals surface area contributed by atoms with Crippen LogP contribution in [0.4, 0.5) is 5.82 Å². The zero-order valence-electron chi connectivity index (χ0n) is 10.5. The molecule has 0 atom stereocenters. The highest BCUT2D eigenvalue weighted by molar-refractivity contribution is 5.94. The second-order valence-corrected chi connectivity index (χ2v) is 3.88. The molecule has 1 N–H and O–H groups in total. The van der Waals surface area contributed by atoms with E-state index in [-0.39, 0.29) is 0 Å². The third kappa shape index (κ3) is 2.93. The zero-order valence-corrected chi connectivity index (χ0v) is 10.5. The Morgan fingerprint density at radius 3 is 2.89 bits per heavy atom. The van der Waals surface area contributed by atoms with Crippen LogP contribution in [0.2, 0.25) is 0 Å². The van der Waals surface area contributed by atoms with Gasteiger partial charge in [-0.05, 0) is 6.92 Å². The van der Waals surface area contributed by atoms with E-state index < -0.39 is 5.97 Å². The third-order valence-corrected chi connectivity index (χ3v) is 2.59. The van der Waals surface area contributed by atoms with Crippen molar-refractivity contribution in [2.45, 2.75) is 6.92 Å². The van der Waals surface area contributed by atoms with Crippen molar-refractivity contribution in [3.63, 3.8) is 0 Å². The fraction of sp³-hybridized carbons (Fsp3) is 0.545. The van der Waals surface area contributed by atoms with E-state index in [1.54, 1.807) is 6.92 Å². The van der Waals surface area contributed by atoms with Gasteiger partial charge in [0.2, 0.25) is 0 Å². The van der Waals surface area contributed by atoms with Crippen LogP contribution in [0.15, 0.2) is 6.20 Å². The van der Waals surface area contributed by atoms with Crippen LogP contribution in [0.25, 0.3) is 0 Å². The number of carbonyl (C=O) groups is 1. The molecule has 1 aromatic rings. The van der Waals surface area contributed by atoms with Crippen LogP contribution in [-0.2, 0) is 9.47 Å². The van der Waals surface area contributed by atoms with E-state index in [1.165, 1.54) is 13.3 Å². The highest BCUT2D eigenvalue weighted by atomic mass is 16.5. The standard InChI is InChI=1S/C11H16N4O3/c1-8-12-7-9(11(16)17-2)10(13-8)14-15-3-5-18-6-4-15/h7H,3-6H2,1-2H3,(H,12,13,14). The number of hydrogen-bond donors (Lipinski definition) is 1. The van der Waals surface area contributed by atoms with Gasteiger partial charge in [-0.1, -0.05) is 0 Å². The summed E-state index contributed by atoms with van der Waals surface area (Å²) in [6.45, 7) is 4.56. The van der Waals surface area contributed by atoms with Crippen molar-refractivity contribution in [3.8, 4) is 0 Å². The normalized spacial score (nSPS) is 16.3. The number of aryl methyl sites for hydroxylation is 1. The predicted molar refractivity (Wildman–Crippen MR) is 64.1 cm³/mol. The van der Waals surface area contributed by atoms with Gasteiger partial charge in [-0.25, -0.2) is 19.8 Å². The molecule has 1 aromatic heterocycles. The van der Waals surface area contributed by atoms with Crippen molar-refractivity contribution >= 4 is 11.8 Å². The Morgan fingerprint density at radius 2 is 2.22 bits per heavy atom. The molecule has 1 saturated heterocycles. The summed E-state index contributed by atoms with van der Waals surface area (Å²) < 4.78 is 9.96. The largest absolute Gasteiger partial charge is 0.465 e. The Morgan fingerprint density at radius 1 is 1.50 bits per heavy atom. The molecule has 0 radical (unpaired) electrons. The Hall–Kier alpha value is -1.73. The number of aromatic nitrogens is 2. The number of methoxy groups -OCH3 is 1. The summed E-state index contributed by atoms with van der Waals surface area (Å²) >= 11 is 0. The zero-order chi connectivity index (χ0) is 13.0. The van der Waals surface area contributed by atoms with Gasteiger partial charge in [-0.3, -0.25) is 0 Å². The number of hydrazine groups is 1. The van der Waals surface area contributed by atoms with Gasteiger partial charge in [0.25, 0.3) is 0 Å². The second kappa shape index (κ2) is 5.74. The quantitative estimate of drug-likeness (QED) is 0.772. The number of anilines is 1. The molecule has 7 nitrogen and oxygen atoms in total. The first kappa shape index (κ1) is 12.7. The van der Waals surface area contributed by atoms with Gasteiger partial charge in [0.05, 0.1) is 20.3 Å². The van der Waals surface area contributed by atoms with Crippen LogP contribution in [0.5, 0.6) is 0 Å². The highest BCUT2D eigenvalue weighted by Gasteiger charge is 2.18. The summed E-state index contributed by atoms with van der Waals surface area (Å²) in [5.41, 5.74) is 3.44. The molecule has 98 valence electrons. The molecule has 1 aliphatic rings. The fourth-order valence-corrected chi connectivity index (χ4v) is 1.64. The smallest absolute Gasteiger partial charge is 0.343 e. The summed E-state index contributed by atoms with van der Waals surface area (Å²) in [4.78, 5) is 19.8. The second-order valence-electron chi connectivity index (χ2n) is 3.88. The molecule has 0 amide bonds. The lowest BCUT2D eigenvalue weighted by molar-refractivity contribution is 0.0491. The van der Waals surface area contributed by atoms with Crippen molar-refractivity contribution < 1.29 is 14.3 Å². The number of hydrogen-bond acceptors (Lipinski definition) is 7. The molecule has 18 heavy (non-hydrogen) atoms. The Bertz CT molecular complexity index is 432. The first-order chi connectivity index (χ1) is 8.70. The van der Waals surface area contributed by atoms with Crippen LogP contribution >= 0.6 is 0 Å². The van der Waals surface area contributed by atoms with E-state index in [4.69, 9.17) is 9.47 Å². The van der Waals surface area contributed by atoms with Crippen LogP contribution < -0.4 is 5.43 Å². The van der Waals surface area contributed by atoms with Crippen molar-refractivity contribution in [1.82, 2.24) is 15.0 Å². The first-order valence-electron chi connectivity index (χ1n) is 5.72. The third-order valence-electron chi connectivity index (χ3n) is 2.59. The lowest BCUT2D eigenvalue weighted by atomic mass is 10.3. The lowest BCUT2D eigenvalue weighted by Gasteiger charge is -2.27. The van der Waals surface area contributed by atoms with E-state index in [9.17, 15) is 4.79 Å². The van der Waals surface area contributed by atoms with Crippen LogP contribution in [0.1, 0.15) is 16.2 Å². The summed E-state index contributed by atoms with van der Waals surface area (Å²) in [5.74, 6) is 0.612. The van der Waals surface area contributed by atoms with E-state index in [0.717, 1.165) is 13.1 Å². The van der Waals surface area contributed by atoms with Crippen molar-refractivity contribution in [1.29, 1.82) is 0 Å². The SMILES string of the molecule is COC(=O)c1cnc(C)nc1NN1CCOCC1. The van der Waals surface area contributed by atoms with Gasteiger partial charge in [-0.15, -0.1) is 0 Å². The molecule has 0 aliphatic carbocycles. The summed E-state index contributed by atoms with van der Waals surface area (Å²) in [7, 11) is 1.33. The molecule has 0 aromatic carbocycles. The monoisotopic (exact) mass is 252 g/mol. The van der Waals surface area contributed by atoms with Crippen LogP contribution in [0, 0.1) is 6.92 Å². The minimum atomic E-state index is -0.453. The Labute approximate surface area is 105 Å². The molecule has 1 fully saturated rings. The molecule has 0 bridgehead atoms. The van der Waals surface area contributed by atoms with Crippen LogP contribution in [0.3, 0.4) is 0 Å². The average molecular weight is 252 g/mol. The molecular formula is C11H16N4O3.